The largest absolute Gasteiger partial charge is 0.316 e. The Morgan fingerprint density at radius 1 is 1.32 bits per heavy atom. The molecule has 0 bridgehead atoms. The average Bonchev–Trinajstić information content (AvgIpc) is 2.38. The maximum Gasteiger partial charge on any atom is 0.240 e. The molecule has 1 unspecified atom stereocenters. The Kier molecular flexibility index (Phi) is 6.19. The monoisotopic (exact) mass is 308 g/mol. The lowest BCUT2D eigenvalue weighted by Crippen LogP contribution is -2.38. The molecule has 1 aromatic rings. The van der Waals surface area contributed by atoms with Crippen molar-refractivity contribution < 1.29 is 12.8 Å². The van der Waals surface area contributed by atoms with Gasteiger partial charge >= 0.3 is 0 Å². The van der Waals surface area contributed by atoms with Crippen molar-refractivity contribution in [3.63, 3.8) is 0 Å². The van der Waals surface area contributed by atoms with Gasteiger partial charge in [0.25, 0.3) is 0 Å². The molecule has 0 aliphatic carbocycles. The summed E-state index contributed by atoms with van der Waals surface area (Å²) in [7, 11) is -3.52. The van der Waals surface area contributed by atoms with E-state index in [1.54, 1.807) is 0 Å². The minimum atomic E-state index is -3.52. The molecule has 0 amide bonds. The number of rotatable bonds is 4. The van der Waals surface area contributed by atoms with E-state index in [2.05, 4.69) is 10.0 Å². The maximum absolute atomic E-state index is 12.7. The summed E-state index contributed by atoms with van der Waals surface area (Å²) in [5.74, 6) is -0.112. The van der Waals surface area contributed by atoms with Gasteiger partial charge < -0.3 is 5.32 Å². The summed E-state index contributed by atoms with van der Waals surface area (Å²) in [6.45, 7) is 2.26. The van der Waals surface area contributed by atoms with E-state index >= 15 is 0 Å². The molecule has 1 aliphatic rings. The molecule has 0 saturated carbocycles. The fraction of sp³-hybridized carbons (Fsp3) is 0.500. The highest BCUT2D eigenvalue weighted by Crippen LogP contribution is 2.12. The van der Waals surface area contributed by atoms with Crippen LogP contribution in [0.2, 0.25) is 0 Å². The molecule has 0 aromatic heterocycles. The lowest BCUT2D eigenvalue weighted by molar-refractivity contribution is 0.376. The Hall–Kier alpha value is -0.690. The second kappa shape index (κ2) is 7.19. The average molecular weight is 309 g/mol. The van der Waals surface area contributed by atoms with Crippen LogP contribution in [0.4, 0.5) is 4.39 Å². The van der Waals surface area contributed by atoms with E-state index in [1.807, 2.05) is 0 Å². The Bertz CT molecular complexity index is 487. The van der Waals surface area contributed by atoms with Crippen LogP contribution in [0, 0.1) is 11.7 Å². The Morgan fingerprint density at radius 2 is 2.00 bits per heavy atom. The van der Waals surface area contributed by atoms with E-state index in [1.165, 1.54) is 12.1 Å². The third kappa shape index (κ3) is 4.72. The third-order valence-corrected chi connectivity index (χ3v) is 4.52. The predicted octanol–water partition coefficient (Wildman–Crippen LogP) is 1.53. The summed E-state index contributed by atoms with van der Waals surface area (Å²) in [6.07, 6.45) is 2.10. The van der Waals surface area contributed by atoms with Gasteiger partial charge in [-0.1, -0.05) is 0 Å². The SMILES string of the molecule is Cl.O=S(=O)(NCC1CCCNC1)c1ccc(F)cc1. The standard InChI is InChI=1S/C12H17FN2O2S.ClH/c13-11-3-5-12(6-4-11)18(16,17)15-9-10-2-1-7-14-8-10;/h3-6,10,14-15H,1-2,7-9H2;1H. The van der Waals surface area contributed by atoms with E-state index in [-0.39, 0.29) is 17.3 Å². The highest BCUT2D eigenvalue weighted by Gasteiger charge is 2.18. The van der Waals surface area contributed by atoms with E-state index < -0.39 is 15.8 Å². The first-order valence-corrected chi connectivity index (χ1v) is 7.52. The number of benzene rings is 1. The van der Waals surface area contributed by atoms with Gasteiger partial charge in [0.2, 0.25) is 10.0 Å². The van der Waals surface area contributed by atoms with E-state index in [0.717, 1.165) is 38.1 Å². The Labute approximate surface area is 119 Å². The molecule has 1 saturated heterocycles. The minimum Gasteiger partial charge on any atom is -0.316 e. The zero-order chi connectivity index (χ0) is 13.0. The number of hydrogen-bond acceptors (Lipinski definition) is 3. The summed E-state index contributed by atoms with van der Waals surface area (Å²) in [5.41, 5.74) is 0. The van der Waals surface area contributed by atoms with Gasteiger partial charge in [0, 0.05) is 6.54 Å². The summed E-state index contributed by atoms with van der Waals surface area (Å²) < 4.78 is 39.2. The van der Waals surface area contributed by atoms with Crippen molar-refractivity contribution >= 4 is 22.4 Å². The van der Waals surface area contributed by atoms with Crippen LogP contribution in [0.3, 0.4) is 0 Å². The van der Waals surface area contributed by atoms with Crippen molar-refractivity contribution in [1.82, 2.24) is 10.0 Å². The molecule has 1 heterocycles. The van der Waals surface area contributed by atoms with Crippen molar-refractivity contribution in [2.75, 3.05) is 19.6 Å². The molecule has 2 N–H and O–H groups in total. The molecular weight excluding hydrogens is 291 g/mol. The molecule has 19 heavy (non-hydrogen) atoms. The molecule has 108 valence electrons. The van der Waals surface area contributed by atoms with Crippen LogP contribution in [0.1, 0.15) is 12.8 Å². The first-order chi connectivity index (χ1) is 8.58. The maximum atomic E-state index is 12.7. The molecule has 4 nitrogen and oxygen atoms in total. The molecular formula is C12H18ClFN2O2S. The van der Waals surface area contributed by atoms with Gasteiger partial charge in [0.1, 0.15) is 5.82 Å². The summed E-state index contributed by atoms with van der Waals surface area (Å²) >= 11 is 0. The van der Waals surface area contributed by atoms with E-state index in [9.17, 15) is 12.8 Å². The Balaban J connectivity index is 0.00000180. The first kappa shape index (κ1) is 16.4. The van der Waals surface area contributed by atoms with Crippen LogP contribution < -0.4 is 10.0 Å². The van der Waals surface area contributed by atoms with Crippen molar-refractivity contribution in [1.29, 1.82) is 0 Å². The fourth-order valence-corrected chi connectivity index (χ4v) is 3.14. The number of halogens is 2. The number of nitrogens with one attached hydrogen (secondary N) is 2. The Morgan fingerprint density at radius 3 is 2.58 bits per heavy atom. The third-order valence-electron chi connectivity index (χ3n) is 3.08. The smallest absolute Gasteiger partial charge is 0.240 e. The van der Waals surface area contributed by atoms with Crippen LogP contribution in [-0.4, -0.2) is 28.1 Å². The van der Waals surface area contributed by atoms with Crippen molar-refractivity contribution in [2.45, 2.75) is 17.7 Å². The van der Waals surface area contributed by atoms with Crippen molar-refractivity contribution in [3.8, 4) is 0 Å². The molecule has 0 radical (unpaired) electrons. The summed E-state index contributed by atoms with van der Waals surface area (Å²) in [5, 5.41) is 3.23. The second-order valence-corrected chi connectivity index (χ2v) is 6.29. The van der Waals surface area contributed by atoms with Crippen molar-refractivity contribution in [3.05, 3.63) is 30.1 Å². The molecule has 1 atom stereocenters. The van der Waals surface area contributed by atoms with Crippen LogP contribution in [0.5, 0.6) is 0 Å². The van der Waals surface area contributed by atoms with Gasteiger partial charge in [-0.05, 0) is 56.1 Å². The number of piperidine rings is 1. The first-order valence-electron chi connectivity index (χ1n) is 6.04. The lowest BCUT2D eigenvalue weighted by atomic mass is 10.0. The molecule has 1 aliphatic heterocycles. The molecule has 7 heteroatoms. The van der Waals surface area contributed by atoms with Gasteiger partial charge in [-0.15, -0.1) is 12.4 Å². The zero-order valence-electron chi connectivity index (χ0n) is 10.4. The van der Waals surface area contributed by atoms with Crippen LogP contribution >= 0.6 is 12.4 Å². The molecule has 0 spiro atoms. The van der Waals surface area contributed by atoms with Gasteiger partial charge in [-0.3, -0.25) is 0 Å². The van der Waals surface area contributed by atoms with Crippen LogP contribution in [0.25, 0.3) is 0 Å². The van der Waals surface area contributed by atoms with Gasteiger partial charge in [0.15, 0.2) is 0 Å². The highest BCUT2D eigenvalue weighted by atomic mass is 35.5. The topological polar surface area (TPSA) is 58.2 Å². The zero-order valence-corrected chi connectivity index (χ0v) is 12.1. The second-order valence-electron chi connectivity index (χ2n) is 4.52. The van der Waals surface area contributed by atoms with Gasteiger partial charge in [0.05, 0.1) is 4.90 Å². The molecule has 1 aromatic carbocycles. The molecule has 1 fully saturated rings. The summed E-state index contributed by atoms with van der Waals surface area (Å²) in [6, 6.07) is 4.85. The number of hydrogen-bond donors (Lipinski definition) is 2. The highest BCUT2D eigenvalue weighted by molar-refractivity contribution is 7.89. The summed E-state index contributed by atoms with van der Waals surface area (Å²) in [4.78, 5) is 0.104. The minimum absolute atomic E-state index is 0. The van der Waals surface area contributed by atoms with Gasteiger partial charge in [-0.2, -0.15) is 0 Å². The van der Waals surface area contributed by atoms with Crippen LogP contribution in [-0.2, 0) is 10.0 Å². The van der Waals surface area contributed by atoms with Crippen molar-refractivity contribution in [2.24, 2.45) is 5.92 Å². The predicted molar refractivity (Wildman–Crippen MR) is 74.4 cm³/mol. The van der Waals surface area contributed by atoms with Crippen LogP contribution in [0.15, 0.2) is 29.2 Å². The van der Waals surface area contributed by atoms with E-state index in [0.29, 0.717) is 12.5 Å². The van der Waals surface area contributed by atoms with E-state index in [4.69, 9.17) is 0 Å². The quantitative estimate of drug-likeness (QED) is 0.887. The normalized spacial score (nSPS) is 19.7. The number of sulfonamides is 1. The molecule has 2 rings (SSSR count). The van der Waals surface area contributed by atoms with Gasteiger partial charge in [-0.25, -0.2) is 17.5 Å². The fourth-order valence-electron chi connectivity index (χ4n) is 2.02. The lowest BCUT2D eigenvalue weighted by Gasteiger charge is -2.22.